The Morgan fingerprint density at radius 3 is 2.31 bits per heavy atom. The van der Waals surface area contributed by atoms with E-state index in [9.17, 15) is 5.11 Å². The predicted octanol–water partition coefficient (Wildman–Crippen LogP) is 3.08. The fraction of sp³-hybridized carbons (Fsp3) is 0.500. The van der Waals surface area contributed by atoms with Gasteiger partial charge in [0.1, 0.15) is 0 Å². The standard InChI is InChI=1S/C12H14Cl2O2/c13-10-2-1-3-11(14)9(10)8-12(15)4-6-16-7-5-12/h1-3,15H,4-8H2. The highest BCUT2D eigenvalue weighted by molar-refractivity contribution is 6.36. The first-order chi connectivity index (χ1) is 7.61. The van der Waals surface area contributed by atoms with E-state index in [2.05, 4.69) is 0 Å². The van der Waals surface area contributed by atoms with Crippen LogP contribution in [0.1, 0.15) is 18.4 Å². The Balaban J connectivity index is 2.19. The van der Waals surface area contributed by atoms with Crippen molar-refractivity contribution >= 4 is 23.2 Å². The molecule has 1 saturated heterocycles. The van der Waals surface area contributed by atoms with E-state index in [1.54, 1.807) is 12.1 Å². The Morgan fingerprint density at radius 1 is 1.19 bits per heavy atom. The molecule has 0 radical (unpaired) electrons. The number of rotatable bonds is 2. The lowest BCUT2D eigenvalue weighted by Crippen LogP contribution is -2.38. The summed E-state index contributed by atoms with van der Waals surface area (Å²) in [5.41, 5.74) is 0.0996. The fourth-order valence-corrected chi connectivity index (χ4v) is 2.49. The van der Waals surface area contributed by atoms with Gasteiger partial charge in [0.05, 0.1) is 5.60 Å². The van der Waals surface area contributed by atoms with Gasteiger partial charge >= 0.3 is 0 Å². The van der Waals surface area contributed by atoms with Crippen LogP contribution in [-0.4, -0.2) is 23.9 Å². The number of hydrogen-bond donors (Lipinski definition) is 1. The average Bonchev–Trinajstić information content (AvgIpc) is 2.25. The normalized spacial score (nSPS) is 19.7. The van der Waals surface area contributed by atoms with Crippen LogP contribution in [0, 0.1) is 0 Å². The van der Waals surface area contributed by atoms with Crippen molar-refractivity contribution in [2.45, 2.75) is 24.9 Å². The number of hydrogen-bond acceptors (Lipinski definition) is 2. The van der Waals surface area contributed by atoms with Gasteiger partial charge in [0.25, 0.3) is 0 Å². The third-order valence-corrected chi connectivity index (χ3v) is 3.70. The molecule has 0 atom stereocenters. The van der Waals surface area contributed by atoms with E-state index < -0.39 is 5.60 Å². The van der Waals surface area contributed by atoms with Crippen LogP contribution in [0.5, 0.6) is 0 Å². The zero-order chi connectivity index (χ0) is 11.6. The molecule has 16 heavy (non-hydrogen) atoms. The molecule has 0 aromatic heterocycles. The summed E-state index contributed by atoms with van der Waals surface area (Å²) in [7, 11) is 0. The quantitative estimate of drug-likeness (QED) is 0.886. The summed E-state index contributed by atoms with van der Waals surface area (Å²) in [6.45, 7) is 1.19. The van der Waals surface area contributed by atoms with E-state index >= 15 is 0 Å². The molecule has 1 aliphatic heterocycles. The third-order valence-electron chi connectivity index (χ3n) is 2.99. The summed E-state index contributed by atoms with van der Waals surface area (Å²) in [4.78, 5) is 0. The van der Waals surface area contributed by atoms with Crippen molar-refractivity contribution < 1.29 is 9.84 Å². The zero-order valence-electron chi connectivity index (χ0n) is 8.88. The summed E-state index contributed by atoms with van der Waals surface area (Å²) >= 11 is 12.2. The predicted molar refractivity (Wildman–Crippen MR) is 65.2 cm³/mol. The molecule has 1 fully saturated rings. The van der Waals surface area contributed by atoms with Crippen molar-refractivity contribution in [1.29, 1.82) is 0 Å². The summed E-state index contributed by atoms with van der Waals surface area (Å²) < 4.78 is 5.24. The van der Waals surface area contributed by atoms with Crippen LogP contribution in [-0.2, 0) is 11.2 Å². The first kappa shape index (κ1) is 12.2. The van der Waals surface area contributed by atoms with Gasteiger partial charge in [0.15, 0.2) is 0 Å². The zero-order valence-corrected chi connectivity index (χ0v) is 10.4. The molecule has 1 aromatic carbocycles. The third kappa shape index (κ3) is 2.69. The second-order valence-corrected chi connectivity index (χ2v) is 5.03. The van der Waals surface area contributed by atoms with Gasteiger partial charge in [0.2, 0.25) is 0 Å². The summed E-state index contributed by atoms with van der Waals surface area (Å²) in [5.74, 6) is 0. The van der Waals surface area contributed by atoms with Crippen molar-refractivity contribution in [1.82, 2.24) is 0 Å². The smallest absolute Gasteiger partial charge is 0.0732 e. The van der Waals surface area contributed by atoms with Gasteiger partial charge in [-0.25, -0.2) is 0 Å². The maximum absolute atomic E-state index is 10.4. The highest BCUT2D eigenvalue weighted by atomic mass is 35.5. The summed E-state index contributed by atoms with van der Waals surface area (Å²) in [5, 5.41) is 11.6. The Bertz CT molecular complexity index is 353. The lowest BCUT2D eigenvalue weighted by atomic mass is 9.87. The molecule has 0 spiro atoms. The lowest BCUT2D eigenvalue weighted by molar-refractivity contribution is -0.0625. The molecule has 0 unspecified atom stereocenters. The summed E-state index contributed by atoms with van der Waals surface area (Å²) in [6, 6.07) is 5.40. The second kappa shape index (κ2) is 4.92. The van der Waals surface area contributed by atoms with Gasteiger partial charge in [-0.1, -0.05) is 29.3 Å². The molecule has 0 amide bonds. The maximum atomic E-state index is 10.4. The van der Waals surface area contributed by atoms with E-state index in [1.165, 1.54) is 0 Å². The monoisotopic (exact) mass is 260 g/mol. The Kier molecular flexibility index (Phi) is 3.75. The van der Waals surface area contributed by atoms with Gasteiger partial charge < -0.3 is 9.84 Å². The first-order valence-electron chi connectivity index (χ1n) is 5.34. The van der Waals surface area contributed by atoms with E-state index in [4.69, 9.17) is 27.9 Å². The van der Waals surface area contributed by atoms with Gasteiger partial charge in [-0.15, -0.1) is 0 Å². The van der Waals surface area contributed by atoms with Crippen LogP contribution in [0.15, 0.2) is 18.2 Å². The molecule has 2 nitrogen and oxygen atoms in total. The molecule has 1 heterocycles. The van der Waals surface area contributed by atoms with Gasteiger partial charge in [-0.05, 0) is 30.5 Å². The molecule has 4 heteroatoms. The largest absolute Gasteiger partial charge is 0.389 e. The lowest BCUT2D eigenvalue weighted by Gasteiger charge is -2.32. The van der Waals surface area contributed by atoms with E-state index in [1.807, 2.05) is 6.07 Å². The molecular formula is C12H14Cl2O2. The highest BCUT2D eigenvalue weighted by Gasteiger charge is 2.31. The van der Waals surface area contributed by atoms with Crippen molar-refractivity contribution in [3.05, 3.63) is 33.8 Å². The minimum Gasteiger partial charge on any atom is -0.389 e. The second-order valence-electron chi connectivity index (χ2n) is 4.21. The molecule has 2 rings (SSSR count). The molecule has 0 saturated carbocycles. The van der Waals surface area contributed by atoms with Crippen molar-refractivity contribution in [3.63, 3.8) is 0 Å². The van der Waals surface area contributed by atoms with Gasteiger partial charge in [-0.2, -0.15) is 0 Å². The van der Waals surface area contributed by atoms with Crippen LogP contribution in [0.3, 0.4) is 0 Å². The fourth-order valence-electron chi connectivity index (χ4n) is 1.96. The Hall–Kier alpha value is -0.280. The van der Waals surface area contributed by atoms with Crippen LogP contribution < -0.4 is 0 Å². The molecule has 88 valence electrons. The average molecular weight is 261 g/mol. The van der Waals surface area contributed by atoms with Crippen molar-refractivity contribution in [3.8, 4) is 0 Å². The Morgan fingerprint density at radius 2 is 1.75 bits per heavy atom. The van der Waals surface area contributed by atoms with Gasteiger partial charge in [0, 0.05) is 29.7 Å². The van der Waals surface area contributed by atoms with Crippen LogP contribution in [0.25, 0.3) is 0 Å². The topological polar surface area (TPSA) is 29.5 Å². The van der Waals surface area contributed by atoms with Crippen molar-refractivity contribution in [2.75, 3.05) is 13.2 Å². The van der Waals surface area contributed by atoms with E-state index in [-0.39, 0.29) is 0 Å². The van der Waals surface area contributed by atoms with E-state index in [0.29, 0.717) is 42.5 Å². The number of benzene rings is 1. The van der Waals surface area contributed by atoms with E-state index in [0.717, 1.165) is 5.56 Å². The molecule has 1 aliphatic rings. The number of ether oxygens (including phenoxy) is 1. The SMILES string of the molecule is OC1(Cc2c(Cl)cccc2Cl)CCOCC1. The molecule has 0 bridgehead atoms. The molecule has 1 N–H and O–H groups in total. The molecule has 1 aromatic rings. The summed E-state index contributed by atoms with van der Waals surface area (Å²) in [6.07, 6.45) is 1.76. The highest BCUT2D eigenvalue weighted by Crippen LogP contribution is 2.32. The number of aliphatic hydroxyl groups is 1. The minimum atomic E-state index is -0.729. The Labute approximate surface area is 105 Å². The maximum Gasteiger partial charge on any atom is 0.0732 e. The van der Waals surface area contributed by atoms with Crippen LogP contribution in [0.4, 0.5) is 0 Å². The minimum absolute atomic E-state index is 0.495. The first-order valence-corrected chi connectivity index (χ1v) is 6.09. The van der Waals surface area contributed by atoms with Crippen molar-refractivity contribution in [2.24, 2.45) is 0 Å². The van der Waals surface area contributed by atoms with Crippen LogP contribution >= 0.6 is 23.2 Å². The van der Waals surface area contributed by atoms with Crippen LogP contribution in [0.2, 0.25) is 10.0 Å². The molecular weight excluding hydrogens is 247 g/mol. The number of halogens is 2. The van der Waals surface area contributed by atoms with Gasteiger partial charge in [-0.3, -0.25) is 0 Å². The molecule has 0 aliphatic carbocycles.